The molecule has 0 saturated carbocycles. The Morgan fingerprint density at radius 3 is 2.40 bits per heavy atom. The third kappa shape index (κ3) is 3.57. The van der Waals surface area contributed by atoms with E-state index in [4.69, 9.17) is 0 Å². The highest BCUT2D eigenvalue weighted by atomic mass is 16.4. The van der Waals surface area contributed by atoms with Crippen LogP contribution < -0.4 is 10.0 Å². The lowest BCUT2D eigenvalue weighted by molar-refractivity contribution is -0.933. The molecule has 0 spiro atoms. The number of carbonyl (C=O) groups excluding carboxylic acids is 2. The number of hydrogen-bond donors (Lipinski definition) is 1. The van der Waals surface area contributed by atoms with Crippen molar-refractivity contribution in [2.24, 2.45) is 0 Å². The predicted molar refractivity (Wildman–Crippen MR) is 71.8 cm³/mol. The molecule has 5 heteroatoms. The van der Waals surface area contributed by atoms with Gasteiger partial charge in [0.05, 0.1) is 38.6 Å². The smallest absolute Gasteiger partial charge is 0.228 e. The molecule has 1 N–H and O–H groups in total. The summed E-state index contributed by atoms with van der Waals surface area (Å²) in [5.41, 5.74) is 1.29. The van der Waals surface area contributed by atoms with Crippen molar-refractivity contribution in [3.8, 4) is 0 Å². The largest absolute Gasteiger partial charge is 0.550 e. The van der Waals surface area contributed by atoms with Crippen molar-refractivity contribution in [2.75, 3.05) is 26.2 Å². The van der Waals surface area contributed by atoms with Crippen LogP contribution in [0, 0.1) is 0 Å². The van der Waals surface area contributed by atoms with E-state index in [0.717, 1.165) is 13.1 Å². The summed E-state index contributed by atoms with van der Waals surface area (Å²) in [6, 6.07) is 10.7. The molecule has 1 aliphatic rings. The second-order valence-electron chi connectivity index (χ2n) is 5.22. The quantitative estimate of drug-likeness (QED) is 0.689. The van der Waals surface area contributed by atoms with Crippen LogP contribution in [0.1, 0.15) is 24.9 Å². The molecule has 1 fully saturated rings. The molecule has 1 heterocycles. The normalized spacial score (nSPS) is 17.8. The van der Waals surface area contributed by atoms with Crippen LogP contribution in [0.25, 0.3) is 0 Å². The number of nitrogens with one attached hydrogen (secondary N) is 1. The average molecular weight is 276 g/mol. The zero-order valence-electron chi connectivity index (χ0n) is 11.7. The lowest BCUT2D eigenvalue weighted by Gasteiger charge is -2.35. The van der Waals surface area contributed by atoms with Gasteiger partial charge in [0, 0.05) is 5.56 Å². The molecule has 1 saturated heterocycles. The number of carboxylic acid groups (broad SMARTS) is 1. The number of aliphatic carboxylic acids is 1. The van der Waals surface area contributed by atoms with Gasteiger partial charge in [0.25, 0.3) is 0 Å². The first kappa shape index (κ1) is 14.5. The Morgan fingerprint density at radius 1 is 1.25 bits per heavy atom. The van der Waals surface area contributed by atoms with Gasteiger partial charge in [-0.2, -0.15) is 0 Å². The lowest BCUT2D eigenvalue weighted by Crippen LogP contribution is -3.14. The van der Waals surface area contributed by atoms with E-state index < -0.39 is 12.4 Å². The third-order valence-electron chi connectivity index (χ3n) is 3.97. The fourth-order valence-electron chi connectivity index (χ4n) is 2.69. The maximum Gasteiger partial charge on any atom is 0.228 e. The van der Waals surface area contributed by atoms with Gasteiger partial charge < -0.3 is 19.7 Å². The summed E-state index contributed by atoms with van der Waals surface area (Å²) in [5.74, 6) is -1.64. The number of quaternary nitrogens is 1. The fraction of sp³-hybridized carbons (Fsp3) is 0.467. The molecular formula is C15H20N2O3. The molecule has 108 valence electrons. The van der Waals surface area contributed by atoms with Crippen molar-refractivity contribution in [1.29, 1.82) is 0 Å². The highest BCUT2D eigenvalue weighted by molar-refractivity contribution is 5.92. The number of rotatable bonds is 4. The summed E-state index contributed by atoms with van der Waals surface area (Å²) in [6.07, 6.45) is -0.510. The highest BCUT2D eigenvalue weighted by Gasteiger charge is 2.27. The van der Waals surface area contributed by atoms with Gasteiger partial charge in [0.2, 0.25) is 5.91 Å². The zero-order valence-corrected chi connectivity index (χ0v) is 11.7. The SMILES string of the molecule is C[C@H](c1ccccc1)[NH+]1CCN(C(=O)CC(=O)[O-])CC1. The number of carbonyl (C=O) groups is 2. The Morgan fingerprint density at radius 2 is 1.85 bits per heavy atom. The minimum atomic E-state index is -1.30. The third-order valence-corrected chi connectivity index (χ3v) is 3.97. The Kier molecular flexibility index (Phi) is 4.74. The van der Waals surface area contributed by atoms with E-state index in [2.05, 4.69) is 19.1 Å². The van der Waals surface area contributed by atoms with Crippen molar-refractivity contribution in [2.45, 2.75) is 19.4 Å². The Balaban J connectivity index is 1.88. The van der Waals surface area contributed by atoms with Crippen LogP contribution in [-0.2, 0) is 9.59 Å². The number of hydrogen-bond acceptors (Lipinski definition) is 3. The predicted octanol–water partition coefficient (Wildman–Crippen LogP) is -1.39. The summed E-state index contributed by atoms with van der Waals surface area (Å²) in [7, 11) is 0. The molecular weight excluding hydrogens is 256 g/mol. The monoisotopic (exact) mass is 276 g/mol. The van der Waals surface area contributed by atoms with Crippen molar-refractivity contribution in [1.82, 2.24) is 4.90 Å². The van der Waals surface area contributed by atoms with Crippen molar-refractivity contribution < 1.29 is 19.6 Å². The molecule has 1 aliphatic heterocycles. The Bertz CT molecular complexity index is 467. The van der Waals surface area contributed by atoms with Crippen molar-refractivity contribution in [3.63, 3.8) is 0 Å². The molecule has 1 aromatic carbocycles. The van der Waals surface area contributed by atoms with Gasteiger partial charge in [-0.1, -0.05) is 30.3 Å². The molecule has 0 aliphatic carbocycles. The molecule has 1 amide bonds. The summed E-state index contributed by atoms with van der Waals surface area (Å²) in [6.45, 7) is 5.09. The van der Waals surface area contributed by atoms with Gasteiger partial charge in [-0.3, -0.25) is 4.79 Å². The molecule has 0 aromatic heterocycles. The van der Waals surface area contributed by atoms with Gasteiger partial charge in [-0.15, -0.1) is 0 Å². The molecule has 1 aromatic rings. The summed E-state index contributed by atoms with van der Waals surface area (Å²) in [5, 5.41) is 10.4. The van der Waals surface area contributed by atoms with Crippen LogP contribution >= 0.6 is 0 Å². The van der Waals surface area contributed by atoms with E-state index in [1.165, 1.54) is 10.5 Å². The molecule has 20 heavy (non-hydrogen) atoms. The van der Waals surface area contributed by atoms with Crippen LogP contribution in [0.4, 0.5) is 0 Å². The number of benzene rings is 1. The van der Waals surface area contributed by atoms with Gasteiger partial charge in [-0.05, 0) is 6.92 Å². The highest BCUT2D eigenvalue weighted by Crippen LogP contribution is 2.08. The van der Waals surface area contributed by atoms with Gasteiger partial charge >= 0.3 is 0 Å². The van der Waals surface area contributed by atoms with Crippen LogP contribution in [0.15, 0.2) is 30.3 Å². The van der Waals surface area contributed by atoms with Gasteiger partial charge in [0.1, 0.15) is 6.04 Å². The second kappa shape index (κ2) is 6.52. The standard InChI is InChI=1S/C15H20N2O3/c1-12(13-5-3-2-4-6-13)16-7-9-17(10-8-16)14(18)11-15(19)20/h2-6,12H,7-11H2,1H3,(H,19,20)/t12-/m1/s1. The van der Waals surface area contributed by atoms with E-state index in [9.17, 15) is 14.7 Å². The van der Waals surface area contributed by atoms with Crippen LogP contribution in [0.3, 0.4) is 0 Å². The van der Waals surface area contributed by atoms with Crippen LogP contribution in [0.5, 0.6) is 0 Å². The van der Waals surface area contributed by atoms with Gasteiger partial charge in [0.15, 0.2) is 0 Å². The maximum absolute atomic E-state index is 11.7. The molecule has 5 nitrogen and oxygen atoms in total. The number of nitrogens with zero attached hydrogens (tertiary/aromatic N) is 1. The zero-order chi connectivity index (χ0) is 14.5. The Labute approximate surface area is 118 Å². The number of piperazine rings is 1. The minimum absolute atomic E-state index is 0.337. The van der Waals surface area contributed by atoms with Crippen molar-refractivity contribution >= 4 is 11.9 Å². The Hall–Kier alpha value is -1.88. The minimum Gasteiger partial charge on any atom is -0.550 e. The van der Waals surface area contributed by atoms with E-state index >= 15 is 0 Å². The molecule has 0 bridgehead atoms. The van der Waals surface area contributed by atoms with Gasteiger partial charge in [-0.25, -0.2) is 0 Å². The lowest BCUT2D eigenvalue weighted by atomic mass is 10.1. The van der Waals surface area contributed by atoms with E-state index in [1.807, 2.05) is 18.2 Å². The second-order valence-corrected chi connectivity index (χ2v) is 5.22. The molecule has 1 atom stereocenters. The molecule has 0 radical (unpaired) electrons. The first-order valence-corrected chi connectivity index (χ1v) is 6.95. The topological polar surface area (TPSA) is 64.9 Å². The summed E-state index contributed by atoms with van der Waals surface area (Å²) in [4.78, 5) is 25.1. The average Bonchev–Trinajstić information content (AvgIpc) is 2.47. The molecule has 2 rings (SSSR count). The summed E-state index contributed by atoms with van der Waals surface area (Å²) >= 11 is 0. The fourth-order valence-corrected chi connectivity index (χ4v) is 2.69. The first-order valence-electron chi connectivity index (χ1n) is 6.95. The first-order chi connectivity index (χ1) is 9.58. The van der Waals surface area contributed by atoms with E-state index in [0.29, 0.717) is 19.1 Å². The number of carboxylic acids is 1. The van der Waals surface area contributed by atoms with Crippen LogP contribution in [0.2, 0.25) is 0 Å². The van der Waals surface area contributed by atoms with Crippen LogP contribution in [-0.4, -0.2) is 43.0 Å². The molecule has 0 unspecified atom stereocenters. The van der Waals surface area contributed by atoms with Crippen molar-refractivity contribution in [3.05, 3.63) is 35.9 Å². The summed E-state index contributed by atoms with van der Waals surface area (Å²) < 4.78 is 0. The van der Waals surface area contributed by atoms with E-state index in [1.54, 1.807) is 4.90 Å². The van der Waals surface area contributed by atoms with E-state index in [-0.39, 0.29) is 5.91 Å². The number of amides is 1. The maximum atomic E-state index is 11.7.